The Morgan fingerprint density at radius 3 is 2.36 bits per heavy atom. The van der Waals surface area contributed by atoms with Gasteiger partial charge in [-0.2, -0.15) is 28.9 Å². The van der Waals surface area contributed by atoms with Crippen molar-refractivity contribution >= 4 is 0 Å². The van der Waals surface area contributed by atoms with E-state index in [1.807, 2.05) is 38.2 Å². The number of pyridine rings is 2. The van der Waals surface area contributed by atoms with Gasteiger partial charge in [0.05, 0.1) is 11.1 Å². The second-order valence-corrected chi connectivity index (χ2v) is 9.28. The van der Waals surface area contributed by atoms with Crippen molar-refractivity contribution in [1.29, 1.82) is 0 Å². The molecule has 172 valence electrons. The normalized spacial score (nSPS) is 11.8. The maximum atomic E-state index is 14.2. The molecule has 0 bridgehead atoms. The molecule has 0 aliphatic carbocycles. The fourth-order valence-corrected chi connectivity index (χ4v) is 3.45. The Hall–Kier alpha value is -2.72. The van der Waals surface area contributed by atoms with Crippen LogP contribution in [-0.4, -0.2) is 19.7 Å². The summed E-state index contributed by atoms with van der Waals surface area (Å²) in [6.45, 7) is 10.5. The van der Waals surface area contributed by atoms with Gasteiger partial charge in [-0.1, -0.05) is 44.5 Å². The smallest absolute Gasteiger partial charge is 0.300 e. The number of aromatic nitrogens is 4. The maximum Gasteiger partial charge on any atom is 2.00 e. The Kier molecular flexibility index (Phi) is 6.99. The molecule has 4 aromatic rings. The molecule has 0 saturated heterocycles. The van der Waals surface area contributed by atoms with E-state index in [0.717, 1.165) is 17.4 Å². The molecule has 0 unspecified atom stereocenters. The summed E-state index contributed by atoms with van der Waals surface area (Å²) in [4.78, 5) is 7.86. The standard InChI is InChI=1S/C26H24F2N4.Pt/c1-25(2,3)17-8-6-9-18(16-17)32-15-14-22(31-32)26(4,5)21-11-7-10-20(29-21)19-12-13-23(27)30-24(19)28;/h6-8,10-11,13-16H,1-5H3;/q-2;+2. The van der Waals surface area contributed by atoms with E-state index < -0.39 is 17.3 Å². The monoisotopic (exact) mass is 625 g/mol. The van der Waals surface area contributed by atoms with Crippen LogP contribution in [0.4, 0.5) is 8.78 Å². The van der Waals surface area contributed by atoms with Crippen molar-refractivity contribution in [3.63, 3.8) is 0 Å². The van der Waals surface area contributed by atoms with Gasteiger partial charge in [0.1, 0.15) is 11.9 Å². The minimum Gasteiger partial charge on any atom is -0.300 e. The zero-order valence-electron chi connectivity index (χ0n) is 19.1. The Morgan fingerprint density at radius 2 is 1.67 bits per heavy atom. The summed E-state index contributed by atoms with van der Waals surface area (Å²) in [7, 11) is 0. The number of hydrogen-bond acceptors (Lipinski definition) is 3. The molecule has 3 aromatic heterocycles. The molecule has 0 spiro atoms. The molecule has 4 rings (SSSR count). The van der Waals surface area contributed by atoms with E-state index in [0.29, 0.717) is 11.4 Å². The molecule has 0 saturated carbocycles. The number of benzene rings is 1. The van der Waals surface area contributed by atoms with Gasteiger partial charge in [-0.05, 0) is 42.8 Å². The predicted molar refractivity (Wildman–Crippen MR) is 119 cm³/mol. The first-order chi connectivity index (χ1) is 15.1. The number of halogens is 2. The van der Waals surface area contributed by atoms with Crippen LogP contribution in [0.15, 0.2) is 54.7 Å². The van der Waals surface area contributed by atoms with E-state index in [1.165, 1.54) is 5.56 Å². The van der Waals surface area contributed by atoms with Crippen LogP contribution in [0.1, 0.15) is 51.6 Å². The molecule has 0 atom stereocenters. The van der Waals surface area contributed by atoms with E-state index in [4.69, 9.17) is 5.10 Å². The van der Waals surface area contributed by atoms with Gasteiger partial charge in [0.15, 0.2) is 0 Å². The third kappa shape index (κ3) is 5.11. The van der Waals surface area contributed by atoms with Crippen LogP contribution < -0.4 is 0 Å². The average molecular weight is 626 g/mol. The van der Waals surface area contributed by atoms with Crippen molar-refractivity contribution in [2.75, 3.05) is 0 Å². The fourth-order valence-electron chi connectivity index (χ4n) is 3.45. The van der Waals surface area contributed by atoms with Crippen molar-refractivity contribution < 1.29 is 29.8 Å². The minimum absolute atomic E-state index is 0. The molecular formula is C26H24F2N4Pt. The van der Waals surface area contributed by atoms with Crippen molar-refractivity contribution in [2.45, 2.75) is 45.4 Å². The molecule has 0 aliphatic rings. The second-order valence-electron chi connectivity index (χ2n) is 9.28. The summed E-state index contributed by atoms with van der Waals surface area (Å²) in [5, 5.41) is 4.78. The molecule has 0 amide bonds. The first kappa shape index (κ1) is 24.9. The van der Waals surface area contributed by atoms with Crippen molar-refractivity contribution in [3.8, 4) is 16.9 Å². The van der Waals surface area contributed by atoms with Gasteiger partial charge < -0.3 is 4.98 Å². The van der Waals surface area contributed by atoms with Crippen LogP contribution in [0, 0.1) is 24.0 Å². The van der Waals surface area contributed by atoms with E-state index in [9.17, 15) is 8.78 Å². The first-order valence-corrected chi connectivity index (χ1v) is 10.4. The third-order valence-corrected chi connectivity index (χ3v) is 5.52. The Balaban J connectivity index is 0.00000306. The number of nitrogens with zero attached hydrogens (tertiary/aromatic N) is 4. The van der Waals surface area contributed by atoms with Crippen LogP contribution >= 0.6 is 0 Å². The van der Waals surface area contributed by atoms with Crippen LogP contribution in [0.5, 0.6) is 0 Å². The molecule has 3 heterocycles. The van der Waals surface area contributed by atoms with Crippen LogP contribution in [0.3, 0.4) is 0 Å². The molecule has 0 radical (unpaired) electrons. The maximum absolute atomic E-state index is 14.2. The van der Waals surface area contributed by atoms with E-state index in [-0.39, 0.29) is 32.0 Å². The largest absolute Gasteiger partial charge is 2.00 e. The summed E-state index contributed by atoms with van der Waals surface area (Å²) < 4.78 is 29.1. The predicted octanol–water partition coefficient (Wildman–Crippen LogP) is 5.83. The Morgan fingerprint density at radius 1 is 0.909 bits per heavy atom. The van der Waals surface area contributed by atoms with Gasteiger partial charge >= 0.3 is 21.1 Å². The Labute approximate surface area is 207 Å². The summed E-state index contributed by atoms with van der Waals surface area (Å²) in [5.41, 5.74) is 3.38. The van der Waals surface area contributed by atoms with Crippen LogP contribution in [-0.2, 0) is 31.9 Å². The van der Waals surface area contributed by atoms with E-state index in [1.54, 1.807) is 16.8 Å². The molecular weight excluding hydrogens is 601 g/mol. The minimum atomic E-state index is -0.939. The summed E-state index contributed by atoms with van der Waals surface area (Å²) >= 11 is 0. The first-order valence-electron chi connectivity index (χ1n) is 10.4. The zero-order valence-corrected chi connectivity index (χ0v) is 21.3. The average Bonchev–Trinajstić information content (AvgIpc) is 3.25. The van der Waals surface area contributed by atoms with Crippen molar-refractivity contribution in [1.82, 2.24) is 19.7 Å². The van der Waals surface area contributed by atoms with E-state index in [2.05, 4.69) is 55.0 Å². The quantitative estimate of drug-likeness (QED) is 0.212. The second kappa shape index (κ2) is 9.26. The number of rotatable bonds is 4. The fraction of sp³-hybridized carbons (Fsp3) is 0.269. The van der Waals surface area contributed by atoms with Gasteiger partial charge in [0.2, 0.25) is 0 Å². The van der Waals surface area contributed by atoms with Gasteiger partial charge in [-0.15, -0.1) is 12.1 Å². The Bertz CT molecular complexity index is 1280. The third-order valence-electron chi connectivity index (χ3n) is 5.52. The van der Waals surface area contributed by atoms with Crippen LogP contribution in [0.25, 0.3) is 16.9 Å². The topological polar surface area (TPSA) is 43.6 Å². The van der Waals surface area contributed by atoms with Gasteiger partial charge in [0.25, 0.3) is 0 Å². The van der Waals surface area contributed by atoms with Crippen LogP contribution in [0.2, 0.25) is 0 Å². The number of hydrogen-bond donors (Lipinski definition) is 0. The summed E-state index contributed by atoms with van der Waals surface area (Å²) in [5.74, 6) is -1.85. The zero-order chi connectivity index (χ0) is 23.1. The van der Waals surface area contributed by atoms with Gasteiger partial charge in [0, 0.05) is 11.9 Å². The summed E-state index contributed by atoms with van der Waals surface area (Å²) in [6.07, 6.45) is 1.90. The molecule has 4 nitrogen and oxygen atoms in total. The summed E-state index contributed by atoms with van der Waals surface area (Å²) in [6, 6.07) is 20.1. The van der Waals surface area contributed by atoms with Gasteiger partial charge in [-0.3, -0.25) is 9.67 Å². The van der Waals surface area contributed by atoms with Crippen molar-refractivity contribution in [3.05, 3.63) is 95.7 Å². The molecule has 33 heavy (non-hydrogen) atoms. The molecule has 0 N–H and O–H groups in total. The van der Waals surface area contributed by atoms with E-state index >= 15 is 0 Å². The SMILES string of the molecule is CC(C)(C)c1cc[c-]c(-n2ccc(C(C)(C)c3cccc(-c4[c-]cc(F)nc4F)n3)n2)c1.[Pt+2]. The molecule has 1 aromatic carbocycles. The molecule has 0 aliphatic heterocycles. The molecule has 0 fully saturated rings. The van der Waals surface area contributed by atoms with Gasteiger partial charge in [-0.25, -0.2) is 8.78 Å². The molecule has 7 heteroatoms. The van der Waals surface area contributed by atoms with Crippen molar-refractivity contribution in [2.24, 2.45) is 0 Å².